The Hall–Kier alpha value is -7.08. The van der Waals surface area contributed by atoms with E-state index < -0.39 is 0 Å². The molecule has 0 fully saturated rings. The van der Waals surface area contributed by atoms with Crippen LogP contribution in [0.2, 0.25) is 0 Å². The third kappa shape index (κ3) is 8.91. The minimum absolute atomic E-state index is 0.983. The second kappa shape index (κ2) is 17.6. The molecule has 6 aromatic rings. The van der Waals surface area contributed by atoms with E-state index in [2.05, 4.69) is 232 Å². The summed E-state index contributed by atoms with van der Waals surface area (Å²) in [5, 5.41) is 0. The molecule has 0 aliphatic heterocycles. The average molecular weight is 763 g/mol. The molecule has 288 valence electrons. The largest absolute Gasteiger partial charge is 0.316 e. The van der Waals surface area contributed by atoms with Crippen molar-refractivity contribution in [1.29, 1.82) is 0 Å². The van der Waals surface area contributed by atoms with E-state index in [0.717, 1.165) is 63.4 Å². The van der Waals surface area contributed by atoms with Crippen molar-refractivity contribution in [1.82, 2.24) is 0 Å². The Bertz CT molecular complexity index is 2740. The zero-order valence-corrected chi connectivity index (χ0v) is 34.7. The van der Waals surface area contributed by atoms with Gasteiger partial charge in [-0.3, -0.25) is 0 Å². The van der Waals surface area contributed by atoms with Crippen molar-refractivity contribution in [3.63, 3.8) is 0 Å². The van der Waals surface area contributed by atoms with E-state index in [1.165, 1.54) is 44.5 Å². The van der Waals surface area contributed by atoms with Crippen LogP contribution in [0.1, 0.15) is 51.8 Å². The Morgan fingerprint density at radius 1 is 0.542 bits per heavy atom. The lowest BCUT2D eigenvalue weighted by Crippen LogP contribution is -2.13. The molecule has 2 heteroatoms. The molecule has 2 nitrogen and oxygen atoms in total. The van der Waals surface area contributed by atoms with Gasteiger partial charge in [-0.2, -0.15) is 0 Å². The number of aryl methyl sites for hydroxylation is 5. The molecule has 0 aromatic heterocycles. The molecule has 0 radical (unpaired) electrons. The summed E-state index contributed by atoms with van der Waals surface area (Å²) < 4.78 is 0. The zero-order valence-electron chi connectivity index (χ0n) is 34.7. The van der Waals surface area contributed by atoms with Gasteiger partial charge in [0.05, 0.1) is 0 Å². The molecule has 2 aliphatic carbocycles. The number of benzene rings is 6. The van der Waals surface area contributed by atoms with Crippen molar-refractivity contribution in [2.75, 3.05) is 9.80 Å². The van der Waals surface area contributed by atoms with Crippen molar-refractivity contribution in [3.05, 3.63) is 256 Å². The first-order chi connectivity index (χ1) is 28.8. The molecule has 0 saturated heterocycles. The standard InChI is InChI=1S/C57H50N2/c1-41-21-25-51(26-22-41)55(50-19-13-8-14-20-50)40-59(57-36-24-43(3)38-45(57)5)53-33-29-47(30-34-53)46-27-31-52(32-28-46)58(56-35-23-42(2)37-44(56)4)39-54(48-15-9-6-10-16-48)49-17-11-7-12-18-49/h6-9,11,13-15,17,19-40H,10,16H2,1-5H3/b54-39+,55-40+. The summed E-state index contributed by atoms with van der Waals surface area (Å²) in [5.41, 5.74) is 26.6. The summed E-state index contributed by atoms with van der Waals surface area (Å²) in [7, 11) is 0. The highest BCUT2D eigenvalue weighted by Crippen LogP contribution is 2.38. The topological polar surface area (TPSA) is 6.48 Å². The summed E-state index contributed by atoms with van der Waals surface area (Å²) >= 11 is 0. The zero-order chi connectivity index (χ0) is 40.7. The molecule has 8 rings (SSSR count). The van der Waals surface area contributed by atoms with Crippen LogP contribution in [0.4, 0.5) is 22.7 Å². The minimum Gasteiger partial charge on any atom is -0.316 e. The quantitative estimate of drug-likeness (QED) is 0.121. The normalized spacial score (nSPS) is 13.6. The Morgan fingerprint density at radius 2 is 1.08 bits per heavy atom. The van der Waals surface area contributed by atoms with E-state index in [0.29, 0.717) is 0 Å². The summed E-state index contributed by atoms with van der Waals surface area (Å²) in [6.07, 6.45) is 19.3. The average Bonchev–Trinajstić information content (AvgIpc) is 3.27. The lowest BCUT2D eigenvalue weighted by Gasteiger charge is -2.26. The maximum absolute atomic E-state index is 3.39. The Balaban J connectivity index is 1.18. The van der Waals surface area contributed by atoms with Gasteiger partial charge in [-0.1, -0.05) is 156 Å². The molecule has 0 spiro atoms. The van der Waals surface area contributed by atoms with Crippen LogP contribution in [0.3, 0.4) is 0 Å². The summed E-state index contributed by atoms with van der Waals surface area (Å²) in [4.78, 5) is 4.68. The molecule has 0 heterocycles. The molecular formula is C57H50N2. The van der Waals surface area contributed by atoms with Crippen LogP contribution in [0, 0.1) is 34.6 Å². The van der Waals surface area contributed by atoms with Gasteiger partial charge >= 0.3 is 0 Å². The second-order valence-corrected chi connectivity index (χ2v) is 15.6. The number of nitrogens with zero attached hydrogens (tertiary/aromatic N) is 2. The Morgan fingerprint density at radius 3 is 1.59 bits per heavy atom. The van der Waals surface area contributed by atoms with E-state index in [4.69, 9.17) is 0 Å². The molecule has 2 aliphatic rings. The van der Waals surface area contributed by atoms with E-state index in [-0.39, 0.29) is 0 Å². The fourth-order valence-corrected chi connectivity index (χ4v) is 7.93. The van der Waals surface area contributed by atoms with E-state index in [1.807, 2.05) is 12.2 Å². The van der Waals surface area contributed by atoms with Crippen LogP contribution in [0.25, 0.3) is 16.7 Å². The first kappa shape index (κ1) is 38.8. The molecular weight excluding hydrogens is 713 g/mol. The first-order valence-corrected chi connectivity index (χ1v) is 20.6. The number of allylic oxidation sites excluding steroid dienone is 9. The van der Waals surface area contributed by atoms with Gasteiger partial charge in [0.1, 0.15) is 0 Å². The van der Waals surface area contributed by atoms with Crippen LogP contribution >= 0.6 is 0 Å². The van der Waals surface area contributed by atoms with Gasteiger partial charge in [0.15, 0.2) is 0 Å². The van der Waals surface area contributed by atoms with Crippen molar-refractivity contribution in [2.24, 2.45) is 0 Å². The van der Waals surface area contributed by atoms with Crippen LogP contribution in [-0.2, 0) is 0 Å². The van der Waals surface area contributed by atoms with Gasteiger partial charge in [0.25, 0.3) is 0 Å². The van der Waals surface area contributed by atoms with Gasteiger partial charge in [0, 0.05) is 51.9 Å². The van der Waals surface area contributed by atoms with Gasteiger partial charge in [0.2, 0.25) is 0 Å². The summed E-state index contributed by atoms with van der Waals surface area (Å²) in [6, 6.07) is 50.9. The molecule has 0 bridgehead atoms. The third-order valence-corrected chi connectivity index (χ3v) is 11.1. The van der Waals surface area contributed by atoms with Crippen LogP contribution < -0.4 is 9.80 Å². The molecule has 0 N–H and O–H groups in total. The summed E-state index contributed by atoms with van der Waals surface area (Å²) in [5.74, 6) is 0. The fourth-order valence-electron chi connectivity index (χ4n) is 7.93. The fraction of sp³-hybridized carbons (Fsp3) is 0.123. The number of rotatable bonds is 11. The van der Waals surface area contributed by atoms with Crippen molar-refractivity contribution < 1.29 is 0 Å². The molecule has 0 amide bonds. The second-order valence-electron chi connectivity index (χ2n) is 15.6. The van der Waals surface area contributed by atoms with Crippen LogP contribution in [0.15, 0.2) is 217 Å². The highest BCUT2D eigenvalue weighted by molar-refractivity contribution is 5.85. The van der Waals surface area contributed by atoms with Crippen molar-refractivity contribution >= 4 is 28.3 Å². The van der Waals surface area contributed by atoms with Crippen LogP contribution in [-0.4, -0.2) is 0 Å². The number of anilines is 4. The Labute approximate surface area is 350 Å². The SMILES string of the molecule is Cc1ccc(/C(=C/N(c2ccc(-c3ccc(N(/C=C(/C4=C=C=CC=C4)C4=CC=CCC4)c4ccc(C)cc4C)cc3)cc2)c2ccc(C)cc2C)c2ccccc2)cc1. The predicted molar refractivity (Wildman–Crippen MR) is 251 cm³/mol. The smallest absolute Gasteiger partial charge is 0.0485 e. The van der Waals surface area contributed by atoms with Crippen molar-refractivity contribution in [2.45, 2.75) is 47.5 Å². The molecule has 0 atom stereocenters. The van der Waals surface area contributed by atoms with Crippen LogP contribution in [0.5, 0.6) is 0 Å². The highest BCUT2D eigenvalue weighted by Gasteiger charge is 2.18. The molecule has 6 aromatic carbocycles. The first-order valence-electron chi connectivity index (χ1n) is 20.6. The lowest BCUT2D eigenvalue weighted by molar-refractivity contribution is 0.970. The van der Waals surface area contributed by atoms with Crippen molar-refractivity contribution in [3.8, 4) is 11.1 Å². The van der Waals surface area contributed by atoms with E-state index in [1.54, 1.807) is 0 Å². The number of hydrogen-bond donors (Lipinski definition) is 0. The maximum Gasteiger partial charge on any atom is 0.0485 e. The monoisotopic (exact) mass is 762 g/mol. The van der Waals surface area contributed by atoms with E-state index >= 15 is 0 Å². The van der Waals surface area contributed by atoms with Gasteiger partial charge in [-0.15, -0.1) is 0 Å². The maximum atomic E-state index is 3.39. The number of hydrogen-bond acceptors (Lipinski definition) is 2. The molecule has 0 unspecified atom stereocenters. The Kier molecular flexibility index (Phi) is 11.6. The van der Waals surface area contributed by atoms with Gasteiger partial charge in [-0.05, 0) is 135 Å². The molecule has 59 heavy (non-hydrogen) atoms. The van der Waals surface area contributed by atoms with Gasteiger partial charge in [-0.25, -0.2) is 0 Å². The molecule has 0 saturated carbocycles. The third-order valence-electron chi connectivity index (χ3n) is 11.1. The highest BCUT2D eigenvalue weighted by atomic mass is 15.1. The minimum atomic E-state index is 0.983. The lowest BCUT2D eigenvalue weighted by atomic mass is 9.91. The predicted octanol–water partition coefficient (Wildman–Crippen LogP) is 15.2. The van der Waals surface area contributed by atoms with Gasteiger partial charge < -0.3 is 9.80 Å². The summed E-state index contributed by atoms with van der Waals surface area (Å²) in [6.45, 7) is 10.8. The van der Waals surface area contributed by atoms with E-state index in [9.17, 15) is 0 Å².